The number of hydrogen-bond acceptors (Lipinski definition) is 5. The third-order valence-electron chi connectivity index (χ3n) is 5.29. The van der Waals surface area contributed by atoms with E-state index in [1.54, 1.807) is 20.3 Å². The quantitative estimate of drug-likeness (QED) is 0.465. The normalized spacial score (nSPS) is 12.0. The smallest absolute Gasteiger partial charge is 0.233 e. The summed E-state index contributed by atoms with van der Waals surface area (Å²) < 4.78 is 10.6. The van der Waals surface area contributed by atoms with Gasteiger partial charge in [-0.3, -0.25) is 0 Å². The third kappa shape index (κ3) is 4.11. The Morgan fingerprint density at radius 2 is 1.70 bits per heavy atom. The first-order valence-electron chi connectivity index (χ1n) is 9.95. The minimum atomic E-state index is 0.211. The summed E-state index contributed by atoms with van der Waals surface area (Å²) >= 11 is 0. The molecule has 0 bridgehead atoms. The lowest BCUT2D eigenvalue weighted by atomic mass is 9.99. The van der Waals surface area contributed by atoms with E-state index in [2.05, 4.69) is 77.0 Å². The minimum absolute atomic E-state index is 0.211. The molecule has 1 atom stereocenters. The highest BCUT2D eigenvalue weighted by Crippen LogP contribution is 2.30. The fourth-order valence-corrected chi connectivity index (χ4v) is 3.65. The van der Waals surface area contributed by atoms with Crippen LogP contribution in [0.25, 0.3) is 22.0 Å². The molecule has 4 rings (SSSR count). The summed E-state index contributed by atoms with van der Waals surface area (Å²) in [6, 6.07) is 25.0. The van der Waals surface area contributed by atoms with Crippen molar-refractivity contribution in [3.8, 4) is 22.9 Å². The zero-order chi connectivity index (χ0) is 20.9. The van der Waals surface area contributed by atoms with Crippen molar-refractivity contribution >= 4 is 10.8 Å². The van der Waals surface area contributed by atoms with Crippen LogP contribution >= 0.6 is 0 Å². The molecule has 0 amide bonds. The van der Waals surface area contributed by atoms with Gasteiger partial charge < -0.3 is 14.8 Å². The molecule has 0 aliphatic heterocycles. The number of nitrogens with zero attached hydrogens (tertiary/aromatic N) is 2. The molecule has 152 valence electrons. The lowest BCUT2D eigenvalue weighted by molar-refractivity contribution is 0.392. The van der Waals surface area contributed by atoms with Crippen LogP contribution in [-0.4, -0.2) is 24.4 Å². The van der Waals surface area contributed by atoms with Gasteiger partial charge in [-0.2, -0.15) is 0 Å². The maximum Gasteiger partial charge on any atom is 0.233 e. The third-order valence-corrected chi connectivity index (χ3v) is 5.29. The molecule has 1 N–H and O–H groups in total. The van der Waals surface area contributed by atoms with Gasteiger partial charge in [0.1, 0.15) is 5.75 Å². The fraction of sp³-hybridized carbons (Fsp3) is 0.200. The number of aromatic nitrogens is 2. The highest BCUT2D eigenvalue weighted by atomic mass is 16.5. The lowest BCUT2D eigenvalue weighted by Crippen LogP contribution is -2.18. The first-order valence-corrected chi connectivity index (χ1v) is 9.95. The second kappa shape index (κ2) is 8.93. The van der Waals surface area contributed by atoms with E-state index in [1.807, 2.05) is 12.1 Å². The minimum Gasteiger partial charge on any atom is -0.496 e. The first kappa shape index (κ1) is 19.9. The highest BCUT2D eigenvalue weighted by molar-refractivity contribution is 5.86. The summed E-state index contributed by atoms with van der Waals surface area (Å²) in [7, 11) is 3.24. The Hall–Kier alpha value is -3.44. The summed E-state index contributed by atoms with van der Waals surface area (Å²) in [6.07, 6.45) is 0. The first-order chi connectivity index (χ1) is 14.7. The van der Waals surface area contributed by atoms with E-state index in [0.29, 0.717) is 5.88 Å². The molecule has 0 saturated carbocycles. The van der Waals surface area contributed by atoms with Crippen molar-refractivity contribution in [2.24, 2.45) is 0 Å². The molecule has 0 aliphatic rings. The van der Waals surface area contributed by atoms with Crippen LogP contribution in [0.5, 0.6) is 11.6 Å². The summed E-state index contributed by atoms with van der Waals surface area (Å²) in [4.78, 5) is 0. The van der Waals surface area contributed by atoms with E-state index in [9.17, 15) is 0 Å². The van der Waals surface area contributed by atoms with Gasteiger partial charge in [-0.25, -0.2) is 0 Å². The second-order valence-corrected chi connectivity index (χ2v) is 7.17. The van der Waals surface area contributed by atoms with Crippen molar-refractivity contribution in [3.63, 3.8) is 0 Å². The predicted molar refractivity (Wildman–Crippen MR) is 120 cm³/mol. The zero-order valence-electron chi connectivity index (χ0n) is 17.4. The van der Waals surface area contributed by atoms with Crippen LogP contribution < -0.4 is 14.8 Å². The summed E-state index contributed by atoms with van der Waals surface area (Å²) in [5.41, 5.74) is 4.10. The Morgan fingerprint density at radius 1 is 0.867 bits per heavy atom. The van der Waals surface area contributed by atoms with Crippen LogP contribution in [0.4, 0.5) is 0 Å². The zero-order valence-corrected chi connectivity index (χ0v) is 17.4. The predicted octanol–water partition coefficient (Wildman–Crippen LogP) is 5.16. The summed E-state index contributed by atoms with van der Waals surface area (Å²) in [5.74, 6) is 1.25. The van der Waals surface area contributed by atoms with E-state index < -0.39 is 0 Å². The van der Waals surface area contributed by atoms with Gasteiger partial charge in [-0.1, -0.05) is 48.5 Å². The van der Waals surface area contributed by atoms with Crippen LogP contribution in [0.1, 0.15) is 24.1 Å². The molecular formula is C25H25N3O2. The van der Waals surface area contributed by atoms with Crippen molar-refractivity contribution in [1.29, 1.82) is 0 Å². The number of fused-ring (bicyclic) bond motifs is 1. The number of hydrogen-bond donors (Lipinski definition) is 1. The van der Waals surface area contributed by atoms with Crippen molar-refractivity contribution < 1.29 is 9.47 Å². The van der Waals surface area contributed by atoms with Gasteiger partial charge >= 0.3 is 0 Å². The monoisotopic (exact) mass is 399 g/mol. The Balaban J connectivity index is 1.56. The summed E-state index contributed by atoms with van der Waals surface area (Å²) in [5, 5.41) is 14.5. The van der Waals surface area contributed by atoms with Crippen molar-refractivity contribution in [2.75, 3.05) is 14.2 Å². The number of nitrogens with one attached hydrogen (secondary N) is 1. The van der Waals surface area contributed by atoms with Crippen molar-refractivity contribution in [2.45, 2.75) is 19.5 Å². The maximum absolute atomic E-state index is 5.53. The maximum atomic E-state index is 5.53. The largest absolute Gasteiger partial charge is 0.496 e. The molecular weight excluding hydrogens is 374 g/mol. The Bertz CT molecular complexity index is 1140. The van der Waals surface area contributed by atoms with Crippen molar-refractivity contribution in [1.82, 2.24) is 15.5 Å². The molecule has 5 nitrogen and oxygen atoms in total. The van der Waals surface area contributed by atoms with Crippen LogP contribution in [0.15, 0.2) is 72.8 Å². The van der Waals surface area contributed by atoms with Gasteiger partial charge in [-0.05, 0) is 47.0 Å². The van der Waals surface area contributed by atoms with Crippen LogP contribution in [0.2, 0.25) is 0 Å². The molecule has 3 aromatic carbocycles. The molecule has 0 aliphatic carbocycles. The number of rotatable bonds is 7. The number of ether oxygens (including phenoxy) is 2. The molecule has 1 heterocycles. The molecule has 0 fully saturated rings. The van der Waals surface area contributed by atoms with Crippen LogP contribution in [0.3, 0.4) is 0 Å². The van der Waals surface area contributed by atoms with E-state index in [1.165, 1.54) is 16.3 Å². The Labute approximate surface area is 176 Å². The molecule has 0 spiro atoms. The molecule has 0 saturated heterocycles. The van der Waals surface area contributed by atoms with Gasteiger partial charge in [0.25, 0.3) is 0 Å². The van der Waals surface area contributed by atoms with Crippen LogP contribution in [-0.2, 0) is 6.54 Å². The second-order valence-electron chi connectivity index (χ2n) is 7.17. The average molecular weight is 399 g/mol. The Morgan fingerprint density at radius 3 is 2.47 bits per heavy atom. The molecule has 30 heavy (non-hydrogen) atoms. The van der Waals surface area contributed by atoms with E-state index >= 15 is 0 Å². The Kier molecular flexibility index (Phi) is 5.91. The summed E-state index contributed by atoms with van der Waals surface area (Å²) in [6.45, 7) is 2.92. The average Bonchev–Trinajstić information content (AvgIpc) is 2.82. The highest BCUT2D eigenvalue weighted by Gasteiger charge is 2.12. The SMILES string of the molecule is COc1ccc(-c2cc(CN[C@H](C)c3cccc4ccccc34)ccc2OC)nn1. The van der Waals surface area contributed by atoms with Gasteiger partial charge in [0, 0.05) is 24.2 Å². The van der Waals surface area contributed by atoms with Gasteiger partial charge in [0.15, 0.2) is 0 Å². The lowest BCUT2D eigenvalue weighted by Gasteiger charge is -2.17. The number of methoxy groups -OCH3 is 2. The number of benzene rings is 3. The van der Waals surface area contributed by atoms with Gasteiger partial charge in [-0.15, -0.1) is 10.2 Å². The molecule has 0 unspecified atom stereocenters. The van der Waals surface area contributed by atoms with Gasteiger partial charge in [0.05, 0.1) is 19.9 Å². The molecule has 4 aromatic rings. The van der Waals surface area contributed by atoms with Gasteiger partial charge in [0.2, 0.25) is 5.88 Å². The van der Waals surface area contributed by atoms with Crippen LogP contribution in [0, 0.1) is 0 Å². The fourth-order valence-electron chi connectivity index (χ4n) is 3.65. The standard InChI is InChI=1S/C25H25N3O2/c1-17(20-10-6-8-19-7-4-5-9-21(19)20)26-16-18-11-13-24(29-2)22(15-18)23-12-14-25(30-3)28-27-23/h4-15,17,26H,16H2,1-3H3/t17-/m1/s1. The van der Waals surface area contributed by atoms with E-state index in [0.717, 1.165) is 29.1 Å². The molecule has 1 aromatic heterocycles. The molecule has 5 heteroatoms. The topological polar surface area (TPSA) is 56.3 Å². The van der Waals surface area contributed by atoms with Crippen molar-refractivity contribution in [3.05, 3.63) is 83.9 Å². The van der Waals surface area contributed by atoms with E-state index in [-0.39, 0.29) is 6.04 Å². The van der Waals surface area contributed by atoms with E-state index in [4.69, 9.17) is 9.47 Å². The molecule has 0 radical (unpaired) electrons.